The minimum Gasteiger partial charge on any atom is -0.370 e. The lowest BCUT2D eigenvalue weighted by Crippen LogP contribution is -2.29. The topological polar surface area (TPSA) is 53.1 Å². The van der Waals surface area contributed by atoms with Gasteiger partial charge in [-0.25, -0.2) is 9.97 Å². The van der Waals surface area contributed by atoms with Crippen LogP contribution in [0.1, 0.15) is 26.3 Å². The molecule has 1 heterocycles. The molecule has 0 radical (unpaired) electrons. The van der Waals surface area contributed by atoms with E-state index in [-0.39, 0.29) is 0 Å². The summed E-state index contributed by atoms with van der Waals surface area (Å²) in [4.78, 5) is 10.9. The van der Waals surface area contributed by atoms with Crippen LogP contribution in [-0.2, 0) is 0 Å². The van der Waals surface area contributed by atoms with Gasteiger partial charge in [0.15, 0.2) is 0 Å². The predicted molar refractivity (Wildman–Crippen MR) is 77.2 cm³/mol. The second-order valence-corrected chi connectivity index (χ2v) is 4.18. The Morgan fingerprint density at radius 3 is 2.22 bits per heavy atom. The van der Waals surface area contributed by atoms with Crippen molar-refractivity contribution in [1.82, 2.24) is 14.9 Å². The van der Waals surface area contributed by atoms with Crippen LogP contribution in [-0.4, -0.2) is 47.6 Å². The van der Waals surface area contributed by atoms with Crippen molar-refractivity contribution in [3.8, 4) is 0 Å². The molecule has 102 valence electrons. The molecule has 1 aromatic rings. The van der Waals surface area contributed by atoms with E-state index >= 15 is 0 Å². The Bertz CT molecular complexity index is 349. The molecule has 5 nitrogen and oxygen atoms in total. The third kappa shape index (κ3) is 4.14. The highest BCUT2D eigenvalue weighted by atomic mass is 15.1. The van der Waals surface area contributed by atoms with Crippen molar-refractivity contribution in [2.24, 2.45) is 0 Å². The van der Waals surface area contributed by atoms with Crippen LogP contribution < -0.4 is 10.6 Å². The summed E-state index contributed by atoms with van der Waals surface area (Å²) in [5.74, 6) is 1.84. The number of hydrogen-bond acceptors (Lipinski definition) is 5. The third-order valence-electron chi connectivity index (χ3n) is 3.04. The second-order valence-electron chi connectivity index (χ2n) is 4.18. The maximum absolute atomic E-state index is 4.29. The number of nitrogens with zero attached hydrogens (tertiary/aromatic N) is 3. The highest BCUT2D eigenvalue weighted by Crippen LogP contribution is 2.17. The summed E-state index contributed by atoms with van der Waals surface area (Å²) >= 11 is 0. The number of hydrogen-bond donors (Lipinski definition) is 2. The average molecular weight is 251 g/mol. The largest absolute Gasteiger partial charge is 0.370 e. The second kappa shape index (κ2) is 7.87. The van der Waals surface area contributed by atoms with E-state index in [9.17, 15) is 0 Å². The molecule has 0 saturated heterocycles. The Labute approximate surface area is 110 Å². The molecule has 0 aliphatic carbocycles. The van der Waals surface area contributed by atoms with E-state index in [1.165, 1.54) is 0 Å². The highest BCUT2D eigenvalue weighted by Gasteiger charge is 2.06. The van der Waals surface area contributed by atoms with Crippen LogP contribution >= 0.6 is 0 Å². The first kappa shape index (κ1) is 14.7. The van der Waals surface area contributed by atoms with E-state index in [1.807, 2.05) is 6.92 Å². The summed E-state index contributed by atoms with van der Waals surface area (Å²) in [5.41, 5.74) is 1.08. The first-order valence-electron chi connectivity index (χ1n) is 6.74. The molecule has 0 atom stereocenters. The van der Waals surface area contributed by atoms with E-state index in [4.69, 9.17) is 0 Å². The van der Waals surface area contributed by atoms with Crippen LogP contribution in [0.15, 0.2) is 6.33 Å². The monoisotopic (exact) mass is 251 g/mol. The van der Waals surface area contributed by atoms with E-state index < -0.39 is 0 Å². The average Bonchev–Trinajstić information content (AvgIpc) is 2.39. The van der Waals surface area contributed by atoms with Gasteiger partial charge in [-0.15, -0.1) is 0 Å². The van der Waals surface area contributed by atoms with Gasteiger partial charge in [0, 0.05) is 25.2 Å². The van der Waals surface area contributed by atoms with E-state index in [0.29, 0.717) is 0 Å². The van der Waals surface area contributed by atoms with Crippen LogP contribution in [0.25, 0.3) is 0 Å². The zero-order chi connectivity index (χ0) is 13.4. The summed E-state index contributed by atoms with van der Waals surface area (Å²) in [5, 5.41) is 6.61. The minimum atomic E-state index is 0.872. The van der Waals surface area contributed by atoms with Gasteiger partial charge in [0.05, 0.1) is 0 Å². The summed E-state index contributed by atoms with van der Waals surface area (Å²) in [6, 6.07) is 0. The highest BCUT2D eigenvalue weighted by molar-refractivity contribution is 5.56. The molecule has 0 saturated carbocycles. The van der Waals surface area contributed by atoms with Gasteiger partial charge in [0.2, 0.25) is 0 Å². The smallest absolute Gasteiger partial charge is 0.134 e. The van der Waals surface area contributed by atoms with Crippen molar-refractivity contribution < 1.29 is 0 Å². The van der Waals surface area contributed by atoms with Gasteiger partial charge >= 0.3 is 0 Å². The predicted octanol–water partition coefficient (Wildman–Crippen LogP) is 1.97. The molecule has 0 aliphatic rings. The molecule has 2 N–H and O–H groups in total. The number of rotatable bonds is 8. The Balaban J connectivity index is 2.54. The molecular formula is C13H25N5. The van der Waals surface area contributed by atoms with Crippen LogP contribution in [0.4, 0.5) is 11.6 Å². The maximum Gasteiger partial charge on any atom is 0.134 e. The molecule has 1 aromatic heterocycles. The van der Waals surface area contributed by atoms with Crippen molar-refractivity contribution in [3.63, 3.8) is 0 Å². The quantitative estimate of drug-likeness (QED) is 0.740. The summed E-state index contributed by atoms with van der Waals surface area (Å²) in [6.07, 6.45) is 1.60. The fourth-order valence-corrected chi connectivity index (χ4v) is 1.85. The van der Waals surface area contributed by atoms with E-state index in [0.717, 1.165) is 49.9 Å². The summed E-state index contributed by atoms with van der Waals surface area (Å²) in [6.45, 7) is 13.5. The van der Waals surface area contributed by atoms with Gasteiger partial charge in [0.25, 0.3) is 0 Å². The van der Waals surface area contributed by atoms with Gasteiger partial charge < -0.3 is 15.5 Å². The standard InChI is InChI=1S/C13H25N5/c1-5-14-12-11(4)13(17-10-16-12)15-8-9-18(6-2)7-3/h10H,5-9H2,1-4H3,(H2,14,15,16,17). The normalized spacial score (nSPS) is 10.7. The number of aromatic nitrogens is 2. The van der Waals surface area contributed by atoms with Crippen molar-refractivity contribution in [1.29, 1.82) is 0 Å². The maximum atomic E-state index is 4.29. The molecule has 0 unspecified atom stereocenters. The van der Waals surface area contributed by atoms with Crippen LogP contribution in [0, 0.1) is 6.92 Å². The molecule has 0 spiro atoms. The lowest BCUT2D eigenvalue weighted by atomic mass is 10.3. The fourth-order valence-electron chi connectivity index (χ4n) is 1.85. The molecule has 0 aromatic carbocycles. The number of nitrogens with one attached hydrogen (secondary N) is 2. The van der Waals surface area contributed by atoms with Crippen molar-refractivity contribution in [3.05, 3.63) is 11.9 Å². The molecule has 5 heteroatoms. The first-order chi connectivity index (χ1) is 8.72. The molecule has 1 rings (SSSR count). The lowest BCUT2D eigenvalue weighted by molar-refractivity contribution is 0.316. The molecule has 0 amide bonds. The van der Waals surface area contributed by atoms with Gasteiger partial charge in [-0.2, -0.15) is 0 Å². The van der Waals surface area contributed by atoms with E-state index in [2.05, 4.69) is 46.3 Å². The van der Waals surface area contributed by atoms with Crippen molar-refractivity contribution in [2.45, 2.75) is 27.7 Å². The summed E-state index contributed by atoms with van der Waals surface area (Å²) in [7, 11) is 0. The molecular weight excluding hydrogens is 226 g/mol. The fraction of sp³-hybridized carbons (Fsp3) is 0.692. The zero-order valence-electron chi connectivity index (χ0n) is 12.0. The number of likely N-dealkylation sites (N-methyl/N-ethyl adjacent to an activating group) is 1. The van der Waals surface area contributed by atoms with Crippen LogP contribution in [0.5, 0.6) is 0 Å². The third-order valence-corrected chi connectivity index (χ3v) is 3.04. The Morgan fingerprint density at radius 1 is 1.06 bits per heavy atom. The Hall–Kier alpha value is -1.36. The first-order valence-corrected chi connectivity index (χ1v) is 6.74. The Morgan fingerprint density at radius 2 is 1.67 bits per heavy atom. The van der Waals surface area contributed by atoms with Crippen molar-refractivity contribution in [2.75, 3.05) is 43.4 Å². The molecule has 18 heavy (non-hydrogen) atoms. The number of anilines is 2. The molecule has 0 fully saturated rings. The molecule has 0 aliphatic heterocycles. The SMILES string of the molecule is CCNc1ncnc(NCCN(CC)CC)c1C. The zero-order valence-corrected chi connectivity index (χ0v) is 12.0. The van der Waals surface area contributed by atoms with Gasteiger partial charge in [-0.1, -0.05) is 13.8 Å². The van der Waals surface area contributed by atoms with Crippen molar-refractivity contribution >= 4 is 11.6 Å². The molecule has 0 bridgehead atoms. The van der Waals surface area contributed by atoms with Crippen LogP contribution in [0.3, 0.4) is 0 Å². The van der Waals surface area contributed by atoms with Crippen LogP contribution in [0.2, 0.25) is 0 Å². The van der Waals surface area contributed by atoms with Gasteiger partial charge in [-0.05, 0) is 26.9 Å². The summed E-state index contributed by atoms with van der Waals surface area (Å²) < 4.78 is 0. The van der Waals surface area contributed by atoms with Gasteiger partial charge in [-0.3, -0.25) is 0 Å². The lowest BCUT2D eigenvalue weighted by Gasteiger charge is -2.19. The Kier molecular flexibility index (Phi) is 6.43. The van der Waals surface area contributed by atoms with E-state index in [1.54, 1.807) is 6.33 Å². The minimum absolute atomic E-state index is 0.872. The van der Waals surface area contributed by atoms with Gasteiger partial charge in [0.1, 0.15) is 18.0 Å².